The number of nitrogens with one attached hydrogen (secondary N) is 1. The summed E-state index contributed by atoms with van der Waals surface area (Å²) in [7, 11) is 0. The largest absolute Gasteiger partial charge is 0.478 e. The number of aryl methyl sites for hydroxylation is 1. The molecular formula is C14H10N2O3S2. The van der Waals surface area contributed by atoms with Gasteiger partial charge in [-0.25, -0.2) is 4.79 Å². The van der Waals surface area contributed by atoms with Gasteiger partial charge >= 0.3 is 5.97 Å². The number of carbonyl (C=O) groups excluding carboxylic acids is 1. The lowest BCUT2D eigenvalue weighted by Gasteiger charge is -2.03. The van der Waals surface area contributed by atoms with Crippen molar-refractivity contribution in [2.24, 2.45) is 0 Å². The molecule has 0 unspecified atom stereocenters. The van der Waals surface area contributed by atoms with Crippen LogP contribution in [0.15, 0.2) is 29.6 Å². The third-order valence-corrected chi connectivity index (χ3v) is 4.85. The number of carboxylic acid groups (broad SMARTS) is 1. The molecule has 1 amide bonds. The normalized spacial score (nSPS) is 10.7. The molecule has 2 heterocycles. The molecule has 3 aromatic rings. The Morgan fingerprint density at radius 2 is 2.05 bits per heavy atom. The number of carbonyl (C=O) groups is 2. The Hall–Kier alpha value is -2.25. The number of hydrogen-bond acceptors (Lipinski definition) is 5. The highest BCUT2D eigenvalue weighted by molar-refractivity contribution is 7.17. The third kappa shape index (κ3) is 2.41. The van der Waals surface area contributed by atoms with Crippen molar-refractivity contribution in [3.05, 3.63) is 46.5 Å². The Kier molecular flexibility index (Phi) is 3.44. The second kappa shape index (κ2) is 5.27. The minimum absolute atomic E-state index is 0.0490. The summed E-state index contributed by atoms with van der Waals surface area (Å²) in [5.74, 6) is -1.41. The highest BCUT2D eigenvalue weighted by Crippen LogP contribution is 2.29. The maximum atomic E-state index is 12.4. The van der Waals surface area contributed by atoms with Gasteiger partial charge < -0.3 is 10.4 Å². The topological polar surface area (TPSA) is 79.3 Å². The van der Waals surface area contributed by atoms with Crippen molar-refractivity contribution in [1.82, 2.24) is 4.37 Å². The first kappa shape index (κ1) is 13.7. The van der Waals surface area contributed by atoms with E-state index in [2.05, 4.69) is 9.69 Å². The molecule has 0 radical (unpaired) electrons. The maximum Gasteiger partial charge on any atom is 0.340 e. The average molecular weight is 318 g/mol. The molecule has 0 saturated carbocycles. The zero-order valence-corrected chi connectivity index (χ0v) is 12.5. The van der Waals surface area contributed by atoms with Gasteiger partial charge in [0, 0.05) is 15.5 Å². The Morgan fingerprint density at radius 1 is 1.29 bits per heavy atom. The van der Waals surface area contributed by atoms with Gasteiger partial charge in [-0.05, 0) is 24.5 Å². The standard InChI is InChI=1S/C14H10N2O3S2/c1-7-11(14(18)19)13(21-16-7)15-12(17)9-6-20-10-5-3-2-4-8(9)10/h2-6H,1H3,(H,15,17)(H,18,19). The molecule has 2 aromatic heterocycles. The van der Waals surface area contributed by atoms with Crippen LogP contribution in [0, 0.1) is 6.92 Å². The second-order valence-electron chi connectivity index (χ2n) is 4.38. The quantitative estimate of drug-likeness (QED) is 0.773. The van der Waals surface area contributed by atoms with Crippen LogP contribution in [0.5, 0.6) is 0 Å². The van der Waals surface area contributed by atoms with Crippen LogP contribution in [0.4, 0.5) is 5.00 Å². The van der Waals surface area contributed by atoms with E-state index in [1.165, 1.54) is 11.3 Å². The number of aromatic nitrogens is 1. The second-order valence-corrected chi connectivity index (χ2v) is 6.06. The number of nitrogens with zero attached hydrogens (tertiary/aromatic N) is 1. The van der Waals surface area contributed by atoms with Gasteiger partial charge in [0.25, 0.3) is 5.91 Å². The van der Waals surface area contributed by atoms with E-state index >= 15 is 0 Å². The molecule has 0 aliphatic carbocycles. The van der Waals surface area contributed by atoms with E-state index in [0.29, 0.717) is 11.3 Å². The summed E-state index contributed by atoms with van der Waals surface area (Å²) in [5, 5.41) is 14.7. The first-order chi connectivity index (χ1) is 10.1. The number of hydrogen-bond donors (Lipinski definition) is 2. The first-order valence-electron chi connectivity index (χ1n) is 6.05. The van der Waals surface area contributed by atoms with Gasteiger partial charge in [0.1, 0.15) is 10.6 Å². The van der Waals surface area contributed by atoms with Crippen LogP contribution in [0.3, 0.4) is 0 Å². The summed E-state index contributed by atoms with van der Waals surface area (Å²) in [6, 6.07) is 7.59. The maximum absolute atomic E-state index is 12.4. The number of fused-ring (bicyclic) bond motifs is 1. The molecule has 0 bridgehead atoms. The van der Waals surface area contributed by atoms with Crippen molar-refractivity contribution in [2.75, 3.05) is 5.32 Å². The molecule has 3 rings (SSSR count). The molecule has 0 aliphatic rings. The number of thiophene rings is 1. The van der Waals surface area contributed by atoms with Crippen molar-refractivity contribution in [2.45, 2.75) is 6.92 Å². The summed E-state index contributed by atoms with van der Waals surface area (Å²) in [6.07, 6.45) is 0. The van der Waals surface area contributed by atoms with Crippen LogP contribution in [-0.2, 0) is 0 Å². The van der Waals surface area contributed by atoms with Gasteiger partial charge in [0.2, 0.25) is 0 Å². The van der Waals surface area contributed by atoms with Gasteiger partial charge in [0.15, 0.2) is 0 Å². The Bertz CT molecular complexity index is 851. The molecule has 7 heteroatoms. The van der Waals surface area contributed by atoms with Crippen molar-refractivity contribution < 1.29 is 14.7 Å². The lowest BCUT2D eigenvalue weighted by atomic mass is 10.1. The Morgan fingerprint density at radius 3 is 2.81 bits per heavy atom. The predicted molar refractivity (Wildman–Crippen MR) is 83.6 cm³/mol. The third-order valence-electron chi connectivity index (χ3n) is 3.03. The number of aromatic carboxylic acids is 1. The van der Waals surface area contributed by atoms with E-state index in [0.717, 1.165) is 21.6 Å². The SMILES string of the molecule is Cc1nsc(NC(=O)c2csc3ccccc23)c1C(=O)O. The summed E-state index contributed by atoms with van der Waals surface area (Å²) in [5.41, 5.74) is 0.990. The van der Waals surface area contributed by atoms with E-state index in [9.17, 15) is 9.59 Å². The van der Waals surface area contributed by atoms with Crippen molar-refractivity contribution in [1.29, 1.82) is 0 Å². The van der Waals surface area contributed by atoms with Crippen LogP contribution in [0.2, 0.25) is 0 Å². The molecule has 0 fully saturated rings. The van der Waals surface area contributed by atoms with E-state index in [-0.39, 0.29) is 16.5 Å². The highest BCUT2D eigenvalue weighted by atomic mass is 32.1. The predicted octanol–water partition coefficient (Wildman–Crippen LogP) is 3.62. The van der Waals surface area contributed by atoms with Crippen LogP contribution in [0.1, 0.15) is 26.4 Å². The summed E-state index contributed by atoms with van der Waals surface area (Å²) in [4.78, 5) is 23.6. The van der Waals surface area contributed by atoms with Gasteiger partial charge in [-0.1, -0.05) is 18.2 Å². The van der Waals surface area contributed by atoms with E-state index < -0.39 is 5.97 Å². The fourth-order valence-electron chi connectivity index (χ4n) is 2.03. The lowest BCUT2D eigenvalue weighted by Crippen LogP contribution is -2.13. The van der Waals surface area contributed by atoms with Crippen LogP contribution in [0.25, 0.3) is 10.1 Å². The number of benzene rings is 1. The van der Waals surface area contributed by atoms with Gasteiger partial charge in [-0.2, -0.15) is 4.37 Å². The van der Waals surface area contributed by atoms with E-state index in [4.69, 9.17) is 5.11 Å². The average Bonchev–Trinajstić information content (AvgIpc) is 3.02. The van der Waals surface area contributed by atoms with Crippen molar-refractivity contribution in [3.8, 4) is 0 Å². The Balaban J connectivity index is 1.96. The molecule has 0 aliphatic heterocycles. The molecule has 0 spiro atoms. The minimum Gasteiger partial charge on any atom is -0.478 e. The molecule has 0 atom stereocenters. The molecule has 1 aromatic carbocycles. The van der Waals surface area contributed by atoms with Crippen LogP contribution >= 0.6 is 22.9 Å². The van der Waals surface area contributed by atoms with Crippen molar-refractivity contribution in [3.63, 3.8) is 0 Å². The number of anilines is 1. The molecule has 0 saturated heterocycles. The molecular weight excluding hydrogens is 308 g/mol. The lowest BCUT2D eigenvalue weighted by molar-refractivity contribution is 0.0697. The first-order valence-corrected chi connectivity index (χ1v) is 7.70. The zero-order valence-electron chi connectivity index (χ0n) is 10.9. The van der Waals surface area contributed by atoms with E-state index in [1.54, 1.807) is 12.3 Å². The number of carboxylic acids is 1. The van der Waals surface area contributed by atoms with Gasteiger partial charge in [0.05, 0.1) is 11.3 Å². The smallest absolute Gasteiger partial charge is 0.340 e. The van der Waals surface area contributed by atoms with Crippen LogP contribution in [-0.4, -0.2) is 21.4 Å². The Labute approximate surface area is 128 Å². The minimum atomic E-state index is -1.09. The summed E-state index contributed by atoms with van der Waals surface area (Å²) < 4.78 is 5.00. The van der Waals surface area contributed by atoms with Gasteiger partial charge in [-0.3, -0.25) is 4.79 Å². The summed E-state index contributed by atoms with van der Waals surface area (Å²) >= 11 is 2.46. The fourth-order valence-corrected chi connectivity index (χ4v) is 3.76. The van der Waals surface area contributed by atoms with E-state index in [1.807, 2.05) is 24.3 Å². The zero-order chi connectivity index (χ0) is 15.0. The van der Waals surface area contributed by atoms with Gasteiger partial charge in [-0.15, -0.1) is 11.3 Å². The summed E-state index contributed by atoms with van der Waals surface area (Å²) in [6.45, 7) is 1.61. The molecule has 5 nitrogen and oxygen atoms in total. The molecule has 21 heavy (non-hydrogen) atoms. The fraction of sp³-hybridized carbons (Fsp3) is 0.0714. The monoisotopic (exact) mass is 318 g/mol. The van der Waals surface area contributed by atoms with Crippen molar-refractivity contribution >= 4 is 49.8 Å². The highest BCUT2D eigenvalue weighted by Gasteiger charge is 2.20. The molecule has 2 N–H and O–H groups in total. The number of rotatable bonds is 3. The van der Waals surface area contributed by atoms with Crippen LogP contribution < -0.4 is 5.32 Å². The number of amides is 1. The molecule has 106 valence electrons.